The molecule has 1 aromatic carbocycles. The Hall–Kier alpha value is -0.860. The normalized spacial score (nSPS) is 12.1. The highest BCUT2D eigenvalue weighted by atomic mass is 16.5. The first-order valence-electron chi connectivity index (χ1n) is 6.88. The molecule has 0 saturated heterocycles. The van der Waals surface area contributed by atoms with Crippen LogP contribution in [0.3, 0.4) is 0 Å². The van der Waals surface area contributed by atoms with Crippen molar-refractivity contribution in [3.05, 3.63) is 35.4 Å². The van der Waals surface area contributed by atoms with Crippen LogP contribution in [0.1, 0.15) is 52.2 Å². The fourth-order valence-corrected chi connectivity index (χ4v) is 1.46. The van der Waals surface area contributed by atoms with Crippen molar-refractivity contribution in [1.82, 2.24) is 5.32 Å². The third-order valence-electron chi connectivity index (χ3n) is 3.22. The Morgan fingerprint density at radius 3 is 2.17 bits per heavy atom. The molecule has 1 N–H and O–H groups in total. The summed E-state index contributed by atoms with van der Waals surface area (Å²) in [5, 5.41) is 3.42. The molecule has 0 radical (unpaired) electrons. The van der Waals surface area contributed by atoms with Crippen LogP contribution >= 0.6 is 0 Å². The summed E-state index contributed by atoms with van der Waals surface area (Å²) in [6.07, 6.45) is 1.03. The summed E-state index contributed by atoms with van der Waals surface area (Å²) in [6.45, 7) is 12.4. The third kappa shape index (κ3) is 5.65. The maximum atomic E-state index is 5.89. The fourth-order valence-electron chi connectivity index (χ4n) is 1.46. The predicted molar refractivity (Wildman–Crippen MR) is 77.6 cm³/mol. The van der Waals surface area contributed by atoms with E-state index >= 15 is 0 Å². The molecule has 2 heteroatoms. The van der Waals surface area contributed by atoms with Crippen LogP contribution in [0.4, 0.5) is 0 Å². The molecule has 0 spiro atoms. The smallest absolute Gasteiger partial charge is 0.0724 e. The van der Waals surface area contributed by atoms with E-state index in [1.807, 2.05) is 0 Å². The van der Waals surface area contributed by atoms with E-state index in [9.17, 15) is 0 Å². The van der Waals surface area contributed by atoms with Gasteiger partial charge in [0.2, 0.25) is 0 Å². The molecule has 0 aliphatic carbocycles. The lowest BCUT2D eigenvalue weighted by atomic mass is 10.1. The standard InChI is InChI=1S/C16H27NO/c1-6-16(4,5)18-12-15-9-7-14(8-10-15)11-17-13(2)3/h7-10,13,17H,6,11-12H2,1-5H3. The van der Waals surface area contributed by atoms with Crippen molar-refractivity contribution in [2.75, 3.05) is 0 Å². The van der Waals surface area contributed by atoms with Crippen molar-refractivity contribution in [1.29, 1.82) is 0 Å². The Kier molecular flexibility index (Phi) is 5.83. The Morgan fingerprint density at radius 1 is 1.11 bits per heavy atom. The number of hydrogen-bond acceptors (Lipinski definition) is 2. The second kappa shape index (κ2) is 6.91. The molecule has 2 nitrogen and oxygen atoms in total. The highest BCUT2D eigenvalue weighted by Gasteiger charge is 2.14. The van der Waals surface area contributed by atoms with Crippen molar-refractivity contribution in [3.63, 3.8) is 0 Å². The van der Waals surface area contributed by atoms with E-state index < -0.39 is 0 Å². The van der Waals surface area contributed by atoms with Gasteiger partial charge >= 0.3 is 0 Å². The Bertz CT molecular complexity index is 341. The molecule has 0 aliphatic rings. The summed E-state index contributed by atoms with van der Waals surface area (Å²) in [5.74, 6) is 0. The van der Waals surface area contributed by atoms with Gasteiger partial charge in [0, 0.05) is 12.6 Å². The van der Waals surface area contributed by atoms with Gasteiger partial charge in [-0.1, -0.05) is 45.0 Å². The molecule has 1 rings (SSSR count). The van der Waals surface area contributed by atoms with Crippen LogP contribution in [-0.4, -0.2) is 11.6 Å². The summed E-state index contributed by atoms with van der Waals surface area (Å²) < 4.78 is 5.89. The van der Waals surface area contributed by atoms with Gasteiger partial charge in [-0.15, -0.1) is 0 Å². The minimum atomic E-state index is -0.0299. The first kappa shape index (κ1) is 15.2. The zero-order valence-electron chi connectivity index (χ0n) is 12.4. The molecular formula is C16H27NO. The van der Waals surface area contributed by atoms with Crippen molar-refractivity contribution >= 4 is 0 Å². The van der Waals surface area contributed by atoms with E-state index in [0.29, 0.717) is 12.6 Å². The average Bonchev–Trinajstić information content (AvgIpc) is 2.35. The molecule has 0 bridgehead atoms. The van der Waals surface area contributed by atoms with E-state index in [1.165, 1.54) is 11.1 Å². The lowest BCUT2D eigenvalue weighted by Crippen LogP contribution is -2.23. The van der Waals surface area contributed by atoms with Crippen LogP contribution in [-0.2, 0) is 17.9 Å². The second-order valence-electron chi connectivity index (χ2n) is 5.75. The Morgan fingerprint density at radius 2 is 1.67 bits per heavy atom. The molecule has 0 aromatic heterocycles. The SMILES string of the molecule is CCC(C)(C)OCc1ccc(CNC(C)C)cc1. The fraction of sp³-hybridized carbons (Fsp3) is 0.625. The maximum Gasteiger partial charge on any atom is 0.0724 e. The van der Waals surface area contributed by atoms with Gasteiger partial charge in [-0.2, -0.15) is 0 Å². The largest absolute Gasteiger partial charge is 0.371 e. The summed E-state index contributed by atoms with van der Waals surface area (Å²) in [6, 6.07) is 9.19. The zero-order valence-corrected chi connectivity index (χ0v) is 12.4. The monoisotopic (exact) mass is 249 g/mol. The quantitative estimate of drug-likeness (QED) is 0.791. The van der Waals surface area contributed by atoms with E-state index in [-0.39, 0.29) is 5.60 Å². The number of ether oxygens (including phenoxy) is 1. The summed E-state index contributed by atoms with van der Waals surface area (Å²) >= 11 is 0. The lowest BCUT2D eigenvalue weighted by molar-refractivity contribution is -0.0316. The average molecular weight is 249 g/mol. The number of nitrogens with one attached hydrogen (secondary N) is 1. The highest BCUT2D eigenvalue weighted by molar-refractivity contribution is 5.22. The van der Waals surface area contributed by atoms with Crippen LogP contribution in [0.15, 0.2) is 24.3 Å². The van der Waals surface area contributed by atoms with E-state index in [2.05, 4.69) is 64.2 Å². The van der Waals surface area contributed by atoms with Gasteiger partial charge in [-0.05, 0) is 31.4 Å². The van der Waals surface area contributed by atoms with Crippen LogP contribution in [0.2, 0.25) is 0 Å². The maximum absolute atomic E-state index is 5.89. The van der Waals surface area contributed by atoms with Crippen molar-refractivity contribution < 1.29 is 4.74 Å². The molecule has 18 heavy (non-hydrogen) atoms. The molecule has 0 aliphatic heterocycles. The highest BCUT2D eigenvalue weighted by Crippen LogP contribution is 2.16. The van der Waals surface area contributed by atoms with Gasteiger partial charge in [0.25, 0.3) is 0 Å². The molecule has 0 amide bonds. The zero-order chi connectivity index (χ0) is 13.6. The van der Waals surface area contributed by atoms with Crippen LogP contribution in [0.5, 0.6) is 0 Å². The Labute approximate surface area is 112 Å². The summed E-state index contributed by atoms with van der Waals surface area (Å²) in [4.78, 5) is 0. The van der Waals surface area contributed by atoms with Gasteiger partial charge < -0.3 is 10.1 Å². The van der Waals surface area contributed by atoms with E-state index in [1.54, 1.807) is 0 Å². The van der Waals surface area contributed by atoms with Crippen molar-refractivity contribution in [3.8, 4) is 0 Å². The lowest BCUT2D eigenvalue weighted by Gasteiger charge is -2.23. The van der Waals surface area contributed by atoms with Gasteiger partial charge in [-0.3, -0.25) is 0 Å². The number of hydrogen-bond donors (Lipinski definition) is 1. The molecule has 1 aromatic rings. The van der Waals surface area contributed by atoms with E-state index in [4.69, 9.17) is 4.74 Å². The van der Waals surface area contributed by atoms with Gasteiger partial charge in [0.1, 0.15) is 0 Å². The minimum Gasteiger partial charge on any atom is -0.371 e. The van der Waals surface area contributed by atoms with Gasteiger partial charge in [0.15, 0.2) is 0 Å². The third-order valence-corrected chi connectivity index (χ3v) is 3.22. The van der Waals surface area contributed by atoms with Gasteiger partial charge in [0.05, 0.1) is 12.2 Å². The summed E-state index contributed by atoms with van der Waals surface area (Å²) in [5.41, 5.74) is 2.53. The van der Waals surface area contributed by atoms with E-state index in [0.717, 1.165) is 13.0 Å². The molecule has 0 atom stereocenters. The topological polar surface area (TPSA) is 21.3 Å². The minimum absolute atomic E-state index is 0.0299. The van der Waals surface area contributed by atoms with Crippen molar-refractivity contribution in [2.45, 2.75) is 65.8 Å². The molecule has 0 unspecified atom stereocenters. The first-order valence-corrected chi connectivity index (χ1v) is 6.88. The summed E-state index contributed by atoms with van der Waals surface area (Å²) in [7, 11) is 0. The molecule has 0 heterocycles. The van der Waals surface area contributed by atoms with Gasteiger partial charge in [-0.25, -0.2) is 0 Å². The van der Waals surface area contributed by atoms with Crippen LogP contribution in [0, 0.1) is 0 Å². The molecule has 102 valence electrons. The number of rotatable bonds is 7. The predicted octanol–water partition coefficient (Wildman–Crippen LogP) is 3.89. The molecule has 0 fully saturated rings. The molecule has 0 saturated carbocycles. The Balaban J connectivity index is 2.45. The molecular weight excluding hydrogens is 222 g/mol. The second-order valence-corrected chi connectivity index (χ2v) is 5.75. The van der Waals surface area contributed by atoms with Crippen molar-refractivity contribution in [2.24, 2.45) is 0 Å². The van der Waals surface area contributed by atoms with Crippen LogP contribution < -0.4 is 5.32 Å². The number of benzene rings is 1. The van der Waals surface area contributed by atoms with Crippen LogP contribution in [0.25, 0.3) is 0 Å². The first-order chi connectivity index (χ1) is 8.43.